The molecule has 0 aliphatic heterocycles. The molecule has 4 rings (SSSR count). The van der Waals surface area contributed by atoms with Gasteiger partial charge in [0.1, 0.15) is 17.0 Å². The molecule has 0 aliphatic carbocycles. The van der Waals surface area contributed by atoms with Crippen LogP contribution >= 0.6 is 0 Å². The van der Waals surface area contributed by atoms with Crippen LogP contribution in [0.4, 0.5) is 0 Å². The fourth-order valence-electron chi connectivity index (χ4n) is 4.40. The van der Waals surface area contributed by atoms with Crippen molar-refractivity contribution >= 4 is 43.3 Å². The number of benzene rings is 2. The first-order valence-corrected chi connectivity index (χ1v) is 12.9. The first-order chi connectivity index (χ1) is 17.0. The molecule has 11 heteroatoms. The number of ether oxygens (including phenoxy) is 1. The summed E-state index contributed by atoms with van der Waals surface area (Å²) in [5, 5.41) is 26.8. The number of methoxy groups -OCH3 is 1. The zero-order valence-electron chi connectivity index (χ0n) is 20.2. The maximum atomic E-state index is 12.9. The van der Waals surface area contributed by atoms with E-state index in [0.29, 0.717) is 33.3 Å². The van der Waals surface area contributed by atoms with Gasteiger partial charge in [0.05, 0.1) is 36.6 Å². The molecule has 36 heavy (non-hydrogen) atoms. The molecule has 0 amide bonds. The Labute approximate surface area is 207 Å². The Morgan fingerprint density at radius 3 is 2.33 bits per heavy atom. The Bertz CT molecular complexity index is 1670. The van der Waals surface area contributed by atoms with Gasteiger partial charge in [-0.15, -0.1) is 0 Å². The van der Waals surface area contributed by atoms with Gasteiger partial charge in [0.15, 0.2) is 15.4 Å². The van der Waals surface area contributed by atoms with Gasteiger partial charge in [-0.05, 0) is 43.7 Å². The van der Waals surface area contributed by atoms with Gasteiger partial charge in [-0.25, -0.2) is 18.2 Å². The van der Waals surface area contributed by atoms with Crippen molar-refractivity contribution in [3.63, 3.8) is 0 Å². The van der Waals surface area contributed by atoms with Gasteiger partial charge in [-0.3, -0.25) is 4.57 Å². The van der Waals surface area contributed by atoms with Gasteiger partial charge < -0.3 is 25.1 Å². The van der Waals surface area contributed by atoms with Crippen LogP contribution in [0.2, 0.25) is 0 Å². The highest BCUT2D eigenvalue weighted by Crippen LogP contribution is 2.36. The number of aromatic nitrogens is 2. The first kappa shape index (κ1) is 25.3. The number of aliphatic hydroxyl groups excluding tert-OH is 1. The molecule has 2 heterocycles. The van der Waals surface area contributed by atoms with E-state index in [-0.39, 0.29) is 34.1 Å². The lowest BCUT2D eigenvalue weighted by molar-refractivity contribution is 0.277. The minimum atomic E-state index is -3.36. The van der Waals surface area contributed by atoms with Crippen molar-refractivity contribution < 1.29 is 22.7 Å². The molecule has 0 spiro atoms. The van der Waals surface area contributed by atoms with Crippen molar-refractivity contribution in [2.45, 2.75) is 37.8 Å². The van der Waals surface area contributed by atoms with Crippen molar-refractivity contribution in [2.75, 3.05) is 13.4 Å². The van der Waals surface area contributed by atoms with Crippen molar-refractivity contribution in [1.29, 1.82) is 10.8 Å². The molecule has 2 aromatic carbocycles. The fourth-order valence-corrected chi connectivity index (χ4v) is 5.03. The Morgan fingerprint density at radius 1 is 1.17 bits per heavy atom. The first-order valence-electron chi connectivity index (χ1n) is 11.0. The summed E-state index contributed by atoms with van der Waals surface area (Å²) < 4.78 is 36.1. The number of oxazole rings is 1. The van der Waals surface area contributed by atoms with Crippen LogP contribution in [-0.4, -0.2) is 47.9 Å². The Balaban J connectivity index is 1.98. The summed E-state index contributed by atoms with van der Waals surface area (Å²) in [5.41, 5.74) is 2.94. The molecule has 0 unspecified atom stereocenters. The van der Waals surface area contributed by atoms with E-state index in [1.165, 1.54) is 23.8 Å². The summed E-state index contributed by atoms with van der Waals surface area (Å²) in [6, 6.07) is 9.60. The number of hydrogen-bond acceptors (Lipinski definition) is 9. The lowest BCUT2D eigenvalue weighted by atomic mass is 9.89. The second kappa shape index (κ2) is 9.32. The molecule has 0 saturated carbocycles. The van der Waals surface area contributed by atoms with Gasteiger partial charge in [-0.2, -0.15) is 0 Å². The van der Waals surface area contributed by atoms with Gasteiger partial charge in [0.2, 0.25) is 0 Å². The van der Waals surface area contributed by atoms with Crippen LogP contribution in [0.3, 0.4) is 0 Å². The van der Waals surface area contributed by atoms with Gasteiger partial charge in [-0.1, -0.05) is 12.1 Å². The van der Waals surface area contributed by atoms with E-state index in [1.807, 2.05) is 0 Å². The van der Waals surface area contributed by atoms with Crippen molar-refractivity contribution in [2.24, 2.45) is 0 Å². The molecule has 4 aromatic rings. The topological polar surface area (TPSA) is 159 Å². The van der Waals surface area contributed by atoms with Gasteiger partial charge >= 0.3 is 5.76 Å². The third-order valence-electron chi connectivity index (χ3n) is 6.03. The summed E-state index contributed by atoms with van der Waals surface area (Å²) in [7, 11) is -1.88. The van der Waals surface area contributed by atoms with Crippen LogP contribution in [0.5, 0.6) is 5.75 Å². The molecule has 188 valence electrons. The molecule has 2 aromatic heterocycles. The van der Waals surface area contributed by atoms with E-state index in [1.54, 1.807) is 38.1 Å². The SMILES string of the molecule is COc1cc2c(cc1C(C(C)=N)C(C)=N)nc(CO)c1oc(=O)n(Cc3ccc(S(C)(=O)=O)cc3)c12. The Morgan fingerprint density at radius 2 is 1.81 bits per heavy atom. The largest absolute Gasteiger partial charge is 0.496 e. The molecular weight excluding hydrogens is 484 g/mol. The van der Waals surface area contributed by atoms with Crippen LogP contribution in [0.15, 0.2) is 50.5 Å². The van der Waals surface area contributed by atoms with Crippen LogP contribution < -0.4 is 10.5 Å². The molecule has 0 aliphatic rings. The molecule has 3 N–H and O–H groups in total. The van der Waals surface area contributed by atoms with Crippen LogP contribution in [0, 0.1) is 10.8 Å². The zero-order valence-corrected chi connectivity index (χ0v) is 21.1. The van der Waals surface area contributed by atoms with Crippen LogP contribution in [-0.2, 0) is 23.0 Å². The van der Waals surface area contributed by atoms with E-state index in [4.69, 9.17) is 20.0 Å². The maximum Gasteiger partial charge on any atom is 0.420 e. The minimum absolute atomic E-state index is 0.0890. The number of pyridine rings is 1. The van der Waals surface area contributed by atoms with E-state index in [2.05, 4.69) is 4.98 Å². The number of rotatable bonds is 8. The molecule has 0 fully saturated rings. The minimum Gasteiger partial charge on any atom is -0.496 e. The predicted octanol–water partition coefficient (Wildman–Crippen LogP) is 3.26. The molecule has 0 saturated heterocycles. The summed E-state index contributed by atoms with van der Waals surface area (Å²) in [5.74, 6) is -0.852. The summed E-state index contributed by atoms with van der Waals surface area (Å²) in [4.78, 5) is 17.6. The second-order valence-corrected chi connectivity index (χ2v) is 10.7. The van der Waals surface area contributed by atoms with E-state index < -0.39 is 28.1 Å². The average Bonchev–Trinajstić information content (AvgIpc) is 3.13. The zero-order chi connectivity index (χ0) is 26.4. The number of aliphatic hydroxyl groups is 1. The van der Waals surface area contributed by atoms with Crippen molar-refractivity contribution in [3.8, 4) is 5.75 Å². The third-order valence-corrected chi connectivity index (χ3v) is 7.16. The highest BCUT2D eigenvalue weighted by atomic mass is 32.2. The highest BCUT2D eigenvalue weighted by Gasteiger charge is 2.25. The maximum absolute atomic E-state index is 12.9. The van der Waals surface area contributed by atoms with E-state index >= 15 is 0 Å². The lowest BCUT2D eigenvalue weighted by Crippen LogP contribution is -2.17. The summed E-state index contributed by atoms with van der Waals surface area (Å²) >= 11 is 0. The second-order valence-electron chi connectivity index (χ2n) is 8.67. The summed E-state index contributed by atoms with van der Waals surface area (Å²) in [6.07, 6.45) is 1.12. The Kier molecular flexibility index (Phi) is 6.54. The standard InChI is InChI=1S/C25H26N4O6S/c1-13(26)22(14(2)27)18-9-19-17(10-21(18)34-3)23-24(20(12-30)28-19)35-25(31)29(23)11-15-5-7-16(8-6-15)36(4,32)33/h5-10,22,26-27,30H,11-12H2,1-4H3. The van der Waals surface area contributed by atoms with Gasteiger partial charge in [0, 0.05) is 28.6 Å². The van der Waals surface area contributed by atoms with Crippen LogP contribution in [0.25, 0.3) is 22.0 Å². The lowest BCUT2D eigenvalue weighted by Gasteiger charge is -2.19. The average molecular weight is 511 g/mol. The molecule has 0 radical (unpaired) electrons. The predicted molar refractivity (Wildman–Crippen MR) is 136 cm³/mol. The van der Waals surface area contributed by atoms with E-state index in [9.17, 15) is 18.3 Å². The number of hydrogen-bond donors (Lipinski definition) is 3. The summed E-state index contributed by atoms with van der Waals surface area (Å²) in [6.45, 7) is 2.85. The van der Waals surface area contributed by atoms with Crippen molar-refractivity contribution in [3.05, 3.63) is 63.8 Å². The van der Waals surface area contributed by atoms with Crippen molar-refractivity contribution in [1.82, 2.24) is 9.55 Å². The number of sulfone groups is 1. The number of nitrogens with zero attached hydrogens (tertiary/aromatic N) is 2. The van der Waals surface area contributed by atoms with Crippen LogP contribution in [0.1, 0.15) is 36.6 Å². The fraction of sp³-hybridized carbons (Fsp3) is 0.280. The molecular formula is C25H26N4O6S. The normalized spacial score (nSPS) is 12.7. The third kappa shape index (κ3) is 4.42. The smallest absolute Gasteiger partial charge is 0.420 e. The van der Waals surface area contributed by atoms with E-state index in [0.717, 1.165) is 6.26 Å². The van der Waals surface area contributed by atoms with Gasteiger partial charge in [0.25, 0.3) is 0 Å². The number of nitrogens with one attached hydrogen (secondary N) is 2. The number of fused-ring (bicyclic) bond motifs is 3. The molecule has 0 atom stereocenters. The monoisotopic (exact) mass is 510 g/mol. The molecule has 0 bridgehead atoms. The Hall–Kier alpha value is -3.83. The molecule has 10 nitrogen and oxygen atoms in total. The highest BCUT2D eigenvalue weighted by molar-refractivity contribution is 7.90. The quantitative estimate of drug-likeness (QED) is 0.307.